The van der Waals surface area contributed by atoms with Gasteiger partial charge in [-0.2, -0.15) is 0 Å². The zero-order valence-corrected chi connectivity index (χ0v) is 12.8. The molecule has 1 saturated heterocycles. The first-order chi connectivity index (χ1) is 9.70. The monoisotopic (exact) mass is 273 g/mol. The van der Waals surface area contributed by atoms with Gasteiger partial charge in [-0.05, 0) is 38.3 Å². The first kappa shape index (κ1) is 15.3. The van der Waals surface area contributed by atoms with E-state index >= 15 is 0 Å². The third-order valence-corrected chi connectivity index (χ3v) is 4.38. The topological polar surface area (TPSA) is 21.3 Å². The normalized spacial score (nSPS) is 19.5. The number of ether oxygens (including phenoxy) is 1. The Morgan fingerprint density at radius 1 is 1.30 bits per heavy atom. The fourth-order valence-corrected chi connectivity index (χ4v) is 3.38. The molecule has 1 N–H and O–H groups in total. The van der Waals surface area contributed by atoms with E-state index in [1.165, 1.54) is 11.1 Å². The molecule has 1 unspecified atom stereocenters. The Morgan fingerprint density at radius 3 is 2.50 bits per heavy atom. The summed E-state index contributed by atoms with van der Waals surface area (Å²) < 4.78 is 5.62. The minimum absolute atomic E-state index is 0.126. The lowest BCUT2D eigenvalue weighted by atomic mass is 9.67. The van der Waals surface area contributed by atoms with Crippen LogP contribution in [-0.2, 0) is 10.2 Å². The van der Waals surface area contributed by atoms with E-state index < -0.39 is 0 Å². The van der Waals surface area contributed by atoms with Crippen molar-refractivity contribution in [3.05, 3.63) is 48.0 Å². The average molecular weight is 273 g/mol. The van der Waals surface area contributed by atoms with Crippen LogP contribution in [0.3, 0.4) is 0 Å². The van der Waals surface area contributed by atoms with Gasteiger partial charge in [0.25, 0.3) is 0 Å². The van der Waals surface area contributed by atoms with Gasteiger partial charge in [0.05, 0.1) is 0 Å². The van der Waals surface area contributed by atoms with Crippen molar-refractivity contribution < 1.29 is 4.74 Å². The molecule has 110 valence electrons. The Labute approximate surface area is 123 Å². The van der Waals surface area contributed by atoms with Crippen molar-refractivity contribution >= 4 is 0 Å². The van der Waals surface area contributed by atoms with Gasteiger partial charge in [-0.25, -0.2) is 0 Å². The lowest BCUT2D eigenvalue weighted by molar-refractivity contribution is 0.0395. The first-order valence-corrected chi connectivity index (χ1v) is 7.73. The van der Waals surface area contributed by atoms with Crippen LogP contribution in [-0.4, -0.2) is 25.8 Å². The molecular weight excluding hydrogens is 246 g/mol. The highest BCUT2D eigenvalue weighted by Crippen LogP contribution is 2.40. The Hall–Kier alpha value is -1.12. The molecule has 2 nitrogen and oxygen atoms in total. The molecule has 1 aromatic rings. The van der Waals surface area contributed by atoms with Gasteiger partial charge in [0, 0.05) is 24.7 Å². The maximum atomic E-state index is 5.62. The summed E-state index contributed by atoms with van der Waals surface area (Å²) >= 11 is 0. The highest BCUT2D eigenvalue weighted by Gasteiger charge is 2.41. The molecule has 1 atom stereocenters. The van der Waals surface area contributed by atoms with Crippen LogP contribution in [0.4, 0.5) is 0 Å². The molecule has 0 radical (unpaired) electrons. The summed E-state index contributed by atoms with van der Waals surface area (Å²) in [5.74, 6) is 0. The molecule has 0 spiro atoms. The molecule has 0 saturated carbocycles. The zero-order chi connectivity index (χ0) is 14.4. The Morgan fingerprint density at radius 2 is 1.95 bits per heavy atom. The van der Waals surface area contributed by atoms with Crippen LogP contribution in [0.5, 0.6) is 0 Å². The van der Waals surface area contributed by atoms with Crippen molar-refractivity contribution in [1.29, 1.82) is 0 Å². The molecule has 0 amide bonds. The molecule has 1 aliphatic rings. The second kappa shape index (κ2) is 7.05. The number of rotatable bonds is 6. The third-order valence-electron chi connectivity index (χ3n) is 4.38. The number of hydrogen-bond acceptors (Lipinski definition) is 2. The maximum Gasteiger partial charge on any atom is 0.0475 e. The van der Waals surface area contributed by atoms with E-state index in [4.69, 9.17) is 4.74 Å². The van der Waals surface area contributed by atoms with Crippen molar-refractivity contribution in [3.63, 3.8) is 0 Å². The van der Waals surface area contributed by atoms with Gasteiger partial charge in [-0.15, -0.1) is 0 Å². The second-order valence-corrected chi connectivity index (χ2v) is 5.87. The summed E-state index contributed by atoms with van der Waals surface area (Å²) in [5, 5.41) is 3.72. The van der Waals surface area contributed by atoms with Crippen molar-refractivity contribution in [2.24, 2.45) is 0 Å². The molecule has 1 fully saturated rings. The van der Waals surface area contributed by atoms with E-state index in [0.29, 0.717) is 6.04 Å². The highest BCUT2D eigenvalue weighted by molar-refractivity contribution is 5.32. The predicted octanol–water partition coefficient (Wildman–Crippen LogP) is 3.68. The standard InChI is InChI=1S/C18H27NO/c1-4-12-19-17(15(2)3)18(10-13-20-14-11-18)16-8-6-5-7-9-16/h5-9,17,19H,2,4,10-14H2,1,3H3. The zero-order valence-electron chi connectivity index (χ0n) is 12.8. The molecule has 20 heavy (non-hydrogen) atoms. The van der Waals surface area contributed by atoms with E-state index in [2.05, 4.69) is 56.1 Å². The van der Waals surface area contributed by atoms with E-state index in [1.807, 2.05) is 0 Å². The Balaban J connectivity index is 2.36. The third kappa shape index (κ3) is 3.13. The van der Waals surface area contributed by atoms with Crippen molar-refractivity contribution in [2.75, 3.05) is 19.8 Å². The molecule has 0 bridgehead atoms. The largest absolute Gasteiger partial charge is 0.381 e. The van der Waals surface area contributed by atoms with Crippen molar-refractivity contribution in [3.8, 4) is 0 Å². The van der Waals surface area contributed by atoms with Gasteiger partial charge in [-0.3, -0.25) is 0 Å². The molecule has 0 aliphatic carbocycles. The van der Waals surface area contributed by atoms with Crippen LogP contribution in [0.1, 0.15) is 38.7 Å². The molecule has 1 aromatic carbocycles. The smallest absolute Gasteiger partial charge is 0.0475 e. The van der Waals surface area contributed by atoms with Crippen LogP contribution >= 0.6 is 0 Å². The van der Waals surface area contributed by atoms with Crippen LogP contribution < -0.4 is 5.32 Å². The minimum atomic E-state index is 0.126. The SMILES string of the molecule is C=C(C)C(NCCC)C1(c2ccccc2)CCOCC1. The summed E-state index contributed by atoms with van der Waals surface area (Å²) in [6.07, 6.45) is 3.27. The molecular formula is C18H27NO. The van der Waals surface area contributed by atoms with E-state index in [-0.39, 0.29) is 5.41 Å². The summed E-state index contributed by atoms with van der Waals surface area (Å²) in [5.41, 5.74) is 2.77. The van der Waals surface area contributed by atoms with Crippen LogP contribution in [0.25, 0.3) is 0 Å². The van der Waals surface area contributed by atoms with E-state index in [9.17, 15) is 0 Å². The van der Waals surface area contributed by atoms with Crippen LogP contribution in [0, 0.1) is 0 Å². The first-order valence-electron chi connectivity index (χ1n) is 7.73. The van der Waals surface area contributed by atoms with E-state index in [0.717, 1.165) is 39.0 Å². The average Bonchev–Trinajstić information content (AvgIpc) is 2.49. The Kier molecular flexibility index (Phi) is 5.38. The lowest BCUT2D eigenvalue weighted by Crippen LogP contribution is -2.52. The fraction of sp³-hybridized carbons (Fsp3) is 0.556. The summed E-state index contributed by atoms with van der Waals surface area (Å²) in [7, 11) is 0. The maximum absolute atomic E-state index is 5.62. The van der Waals surface area contributed by atoms with Gasteiger partial charge in [-0.1, -0.05) is 49.4 Å². The quantitative estimate of drug-likeness (QED) is 0.798. The minimum Gasteiger partial charge on any atom is -0.381 e. The van der Waals surface area contributed by atoms with Crippen LogP contribution in [0.2, 0.25) is 0 Å². The van der Waals surface area contributed by atoms with E-state index in [1.54, 1.807) is 0 Å². The molecule has 1 aliphatic heterocycles. The van der Waals surface area contributed by atoms with Gasteiger partial charge < -0.3 is 10.1 Å². The fourth-order valence-electron chi connectivity index (χ4n) is 3.38. The van der Waals surface area contributed by atoms with Gasteiger partial charge in [0.1, 0.15) is 0 Å². The van der Waals surface area contributed by atoms with Gasteiger partial charge in [0.2, 0.25) is 0 Å². The highest BCUT2D eigenvalue weighted by atomic mass is 16.5. The van der Waals surface area contributed by atoms with Crippen LogP contribution in [0.15, 0.2) is 42.5 Å². The lowest BCUT2D eigenvalue weighted by Gasteiger charge is -2.45. The number of hydrogen-bond donors (Lipinski definition) is 1. The molecule has 2 heteroatoms. The molecule has 0 aromatic heterocycles. The summed E-state index contributed by atoms with van der Waals surface area (Å²) in [6.45, 7) is 11.3. The molecule has 2 rings (SSSR count). The van der Waals surface area contributed by atoms with Gasteiger partial charge in [0.15, 0.2) is 0 Å². The number of benzene rings is 1. The van der Waals surface area contributed by atoms with Crippen molar-refractivity contribution in [1.82, 2.24) is 5.32 Å². The summed E-state index contributed by atoms with van der Waals surface area (Å²) in [6, 6.07) is 11.2. The Bertz CT molecular complexity index is 420. The predicted molar refractivity (Wildman–Crippen MR) is 85.1 cm³/mol. The summed E-state index contributed by atoms with van der Waals surface area (Å²) in [4.78, 5) is 0. The van der Waals surface area contributed by atoms with Crippen molar-refractivity contribution in [2.45, 2.75) is 44.6 Å². The molecule has 1 heterocycles. The van der Waals surface area contributed by atoms with Gasteiger partial charge >= 0.3 is 0 Å². The number of nitrogens with one attached hydrogen (secondary N) is 1. The second-order valence-electron chi connectivity index (χ2n) is 5.87.